The van der Waals surface area contributed by atoms with Crippen LogP contribution in [0.5, 0.6) is 5.75 Å². The summed E-state index contributed by atoms with van der Waals surface area (Å²) in [5.41, 5.74) is 0.437. The lowest BCUT2D eigenvalue weighted by Gasteiger charge is -2.31. The number of aromatic nitrogens is 1. The molecule has 1 atom stereocenters. The molecule has 8 nitrogen and oxygen atoms in total. The van der Waals surface area contributed by atoms with Crippen molar-refractivity contribution in [3.05, 3.63) is 57.8 Å². The number of imide groups is 1. The number of halogens is 1. The summed E-state index contributed by atoms with van der Waals surface area (Å²) in [5.74, 6) is -0.202. The molecule has 2 aliphatic rings. The van der Waals surface area contributed by atoms with Crippen LogP contribution in [0.2, 0.25) is 0 Å². The van der Waals surface area contributed by atoms with Crippen molar-refractivity contribution in [3.8, 4) is 5.75 Å². The zero-order valence-corrected chi connectivity index (χ0v) is 15.9. The minimum Gasteiger partial charge on any atom is -0.496 e. The monoisotopic (exact) mass is 430 g/mol. The smallest absolute Gasteiger partial charge is 0.322 e. The van der Waals surface area contributed by atoms with Crippen LogP contribution in [-0.4, -0.2) is 41.4 Å². The largest absolute Gasteiger partial charge is 0.496 e. The zero-order valence-electron chi connectivity index (χ0n) is 14.3. The summed E-state index contributed by atoms with van der Waals surface area (Å²) in [5, 5.41) is 4.94. The van der Waals surface area contributed by atoms with Gasteiger partial charge >= 0.3 is 6.03 Å². The van der Waals surface area contributed by atoms with Gasteiger partial charge < -0.3 is 15.0 Å². The topological polar surface area (TPSA) is 101 Å². The first-order valence-electron chi connectivity index (χ1n) is 8.15. The van der Waals surface area contributed by atoms with Crippen LogP contribution in [0.3, 0.4) is 0 Å². The standard InChI is InChI=1S/C18H15BrN4O4/c1-27-12-5-4-10-8-23(15(24)13(10)14(12)19)9-18(11-3-2-6-20-7-11)16(25)21-17(26)22-18/h2-7H,8-9H2,1H3,(H2,21,22,25,26). The van der Waals surface area contributed by atoms with Crippen molar-refractivity contribution < 1.29 is 19.1 Å². The van der Waals surface area contributed by atoms with E-state index in [0.717, 1.165) is 5.56 Å². The van der Waals surface area contributed by atoms with Gasteiger partial charge in [-0.1, -0.05) is 12.1 Å². The van der Waals surface area contributed by atoms with E-state index in [9.17, 15) is 14.4 Å². The Morgan fingerprint density at radius 2 is 2.11 bits per heavy atom. The number of hydrogen-bond donors (Lipinski definition) is 2. The number of pyridine rings is 1. The van der Waals surface area contributed by atoms with Gasteiger partial charge in [-0.05, 0) is 33.6 Å². The second-order valence-corrected chi connectivity index (χ2v) is 7.13. The first-order chi connectivity index (χ1) is 13.0. The summed E-state index contributed by atoms with van der Waals surface area (Å²) < 4.78 is 5.83. The number of methoxy groups -OCH3 is 1. The van der Waals surface area contributed by atoms with E-state index in [0.29, 0.717) is 27.9 Å². The Hall–Kier alpha value is -2.94. The van der Waals surface area contributed by atoms with Crippen molar-refractivity contribution >= 4 is 33.8 Å². The van der Waals surface area contributed by atoms with Crippen molar-refractivity contribution in [3.63, 3.8) is 0 Å². The molecule has 2 N–H and O–H groups in total. The molecule has 0 bridgehead atoms. The minimum absolute atomic E-state index is 0.0153. The summed E-state index contributed by atoms with van der Waals surface area (Å²) in [4.78, 5) is 43.1. The number of urea groups is 1. The highest BCUT2D eigenvalue weighted by Gasteiger charge is 2.50. The van der Waals surface area contributed by atoms with E-state index in [1.165, 1.54) is 18.2 Å². The van der Waals surface area contributed by atoms with Crippen LogP contribution in [0.25, 0.3) is 0 Å². The van der Waals surface area contributed by atoms with Crippen molar-refractivity contribution in [2.75, 3.05) is 13.7 Å². The lowest BCUT2D eigenvalue weighted by molar-refractivity contribution is -0.124. The van der Waals surface area contributed by atoms with Gasteiger partial charge in [-0.2, -0.15) is 0 Å². The fourth-order valence-electron chi connectivity index (χ4n) is 3.48. The molecule has 3 heterocycles. The SMILES string of the molecule is COc1ccc2c(c1Br)C(=O)N(CC1(c3cccnc3)NC(=O)NC1=O)C2. The molecule has 0 aliphatic carbocycles. The van der Waals surface area contributed by atoms with E-state index in [2.05, 4.69) is 31.5 Å². The average molecular weight is 431 g/mol. The Kier molecular flexibility index (Phi) is 4.11. The Bertz CT molecular complexity index is 965. The van der Waals surface area contributed by atoms with Crippen LogP contribution < -0.4 is 15.4 Å². The fourth-order valence-corrected chi connectivity index (χ4v) is 4.20. The molecule has 27 heavy (non-hydrogen) atoms. The second-order valence-electron chi connectivity index (χ2n) is 6.33. The normalized spacial score (nSPS) is 21.1. The molecule has 2 aliphatic heterocycles. The molecule has 4 amide bonds. The minimum atomic E-state index is -1.39. The van der Waals surface area contributed by atoms with Gasteiger partial charge in [0, 0.05) is 24.5 Å². The Balaban J connectivity index is 1.72. The summed E-state index contributed by atoms with van der Waals surface area (Å²) in [7, 11) is 1.53. The van der Waals surface area contributed by atoms with E-state index in [1.54, 1.807) is 24.4 Å². The predicted octanol–water partition coefficient (Wildman–Crippen LogP) is 1.54. The number of nitrogens with one attached hydrogen (secondary N) is 2. The lowest BCUT2D eigenvalue weighted by atomic mass is 9.90. The first-order valence-corrected chi connectivity index (χ1v) is 8.94. The van der Waals surface area contributed by atoms with Crippen LogP contribution in [-0.2, 0) is 16.9 Å². The second kappa shape index (κ2) is 6.34. The molecule has 0 radical (unpaired) electrons. The number of carbonyl (C=O) groups excluding carboxylic acids is 3. The van der Waals surface area contributed by atoms with E-state index >= 15 is 0 Å². The molecular weight excluding hydrogens is 416 g/mol. The molecule has 9 heteroatoms. The van der Waals surface area contributed by atoms with E-state index in [4.69, 9.17) is 4.74 Å². The van der Waals surface area contributed by atoms with Gasteiger partial charge in [0.05, 0.1) is 23.7 Å². The maximum absolute atomic E-state index is 13.0. The molecular formula is C18H15BrN4O4. The number of carbonyl (C=O) groups is 3. The molecule has 2 aromatic rings. The van der Waals surface area contributed by atoms with Gasteiger partial charge in [-0.25, -0.2) is 4.79 Å². The summed E-state index contributed by atoms with van der Waals surface area (Å²) in [6.45, 7) is 0.306. The van der Waals surface area contributed by atoms with Gasteiger partial charge in [0.1, 0.15) is 5.75 Å². The van der Waals surface area contributed by atoms with Crippen molar-refractivity contribution in [2.24, 2.45) is 0 Å². The Morgan fingerprint density at radius 1 is 1.30 bits per heavy atom. The number of hydrogen-bond acceptors (Lipinski definition) is 5. The molecule has 1 unspecified atom stereocenters. The van der Waals surface area contributed by atoms with Gasteiger partial charge in [-0.3, -0.25) is 19.9 Å². The molecule has 0 spiro atoms. The van der Waals surface area contributed by atoms with Crippen LogP contribution in [0, 0.1) is 0 Å². The van der Waals surface area contributed by atoms with Gasteiger partial charge in [0.25, 0.3) is 11.8 Å². The summed E-state index contributed by atoms with van der Waals surface area (Å²) in [6, 6.07) is 6.37. The maximum atomic E-state index is 13.0. The molecule has 1 aromatic heterocycles. The quantitative estimate of drug-likeness (QED) is 0.716. The van der Waals surface area contributed by atoms with Gasteiger partial charge in [-0.15, -0.1) is 0 Å². The lowest BCUT2D eigenvalue weighted by Crippen LogP contribution is -2.52. The van der Waals surface area contributed by atoms with Gasteiger partial charge in [0.2, 0.25) is 0 Å². The number of amides is 4. The molecule has 0 saturated carbocycles. The molecule has 1 fully saturated rings. The van der Waals surface area contributed by atoms with Crippen LogP contribution in [0.1, 0.15) is 21.5 Å². The van der Waals surface area contributed by atoms with E-state index < -0.39 is 17.5 Å². The van der Waals surface area contributed by atoms with Crippen LogP contribution >= 0.6 is 15.9 Å². The number of rotatable bonds is 4. The third-order valence-electron chi connectivity index (χ3n) is 4.80. The Morgan fingerprint density at radius 3 is 2.74 bits per heavy atom. The van der Waals surface area contributed by atoms with Gasteiger partial charge in [0.15, 0.2) is 5.54 Å². The van der Waals surface area contributed by atoms with Crippen LogP contribution in [0.4, 0.5) is 4.79 Å². The number of benzene rings is 1. The maximum Gasteiger partial charge on any atom is 0.322 e. The van der Waals surface area contributed by atoms with E-state index in [1.807, 2.05) is 6.07 Å². The van der Waals surface area contributed by atoms with E-state index in [-0.39, 0.29) is 12.5 Å². The third-order valence-corrected chi connectivity index (χ3v) is 5.59. The van der Waals surface area contributed by atoms with Crippen molar-refractivity contribution in [1.82, 2.24) is 20.5 Å². The number of ether oxygens (including phenoxy) is 1. The molecule has 1 saturated heterocycles. The van der Waals surface area contributed by atoms with Crippen molar-refractivity contribution in [2.45, 2.75) is 12.1 Å². The fraction of sp³-hybridized carbons (Fsp3) is 0.222. The highest BCUT2D eigenvalue weighted by molar-refractivity contribution is 9.10. The zero-order chi connectivity index (χ0) is 19.2. The highest BCUT2D eigenvalue weighted by atomic mass is 79.9. The summed E-state index contributed by atoms with van der Waals surface area (Å²) in [6.07, 6.45) is 3.09. The molecule has 4 rings (SSSR count). The first kappa shape index (κ1) is 17.5. The van der Waals surface area contributed by atoms with Crippen molar-refractivity contribution in [1.29, 1.82) is 0 Å². The highest BCUT2D eigenvalue weighted by Crippen LogP contribution is 2.37. The molecule has 138 valence electrons. The average Bonchev–Trinajstić information content (AvgIpc) is 3.13. The number of fused-ring (bicyclic) bond motifs is 1. The Labute approximate surface area is 163 Å². The predicted molar refractivity (Wildman–Crippen MR) is 98.0 cm³/mol. The van der Waals surface area contributed by atoms with Crippen LogP contribution in [0.15, 0.2) is 41.1 Å². The third kappa shape index (κ3) is 2.66. The number of nitrogens with zero attached hydrogens (tertiary/aromatic N) is 2. The summed E-state index contributed by atoms with van der Waals surface area (Å²) >= 11 is 3.42. The molecule has 1 aromatic carbocycles.